The molecule has 1 aliphatic heterocycles. The van der Waals surface area contributed by atoms with Crippen molar-refractivity contribution in [3.05, 3.63) is 23.3 Å². The van der Waals surface area contributed by atoms with Gasteiger partial charge in [0.05, 0.1) is 6.26 Å². The molecule has 136 valence electrons. The largest absolute Gasteiger partial charge is 0.332 e. The number of piperidine rings is 1. The summed E-state index contributed by atoms with van der Waals surface area (Å²) < 4.78 is 26.8. The lowest BCUT2D eigenvalue weighted by atomic mass is 10.0. The van der Waals surface area contributed by atoms with Crippen LogP contribution in [0.4, 0.5) is 0 Å². The highest BCUT2D eigenvalue weighted by molar-refractivity contribution is 7.88. The number of nitrogens with zero attached hydrogens (tertiary/aromatic N) is 5. The fourth-order valence-electron chi connectivity index (χ4n) is 3.11. The van der Waals surface area contributed by atoms with Crippen molar-refractivity contribution in [3.63, 3.8) is 0 Å². The molecule has 0 aliphatic carbocycles. The molecule has 2 aromatic rings. The molecular weight excluding hydrogens is 344 g/mol. The Hall–Kier alpha value is -2.07. The van der Waals surface area contributed by atoms with Crippen molar-refractivity contribution < 1.29 is 13.2 Å². The standard InChI is InChI=1S/C15H22N6O3S/c1-10-8-11(2)21-15(17-10)18-13(19-21)14(22)20-7-5-4-6-12(20)9-16-25(3,23)24/h8,12,16H,4-7,9H2,1-3H3/t12-/m0/s1. The molecule has 0 radical (unpaired) electrons. The zero-order valence-corrected chi connectivity index (χ0v) is 15.4. The topological polar surface area (TPSA) is 110 Å². The molecule has 25 heavy (non-hydrogen) atoms. The Balaban J connectivity index is 1.86. The van der Waals surface area contributed by atoms with Gasteiger partial charge in [0.1, 0.15) is 0 Å². The number of hydrogen-bond acceptors (Lipinski definition) is 6. The Morgan fingerprint density at radius 1 is 1.32 bits per heavy atom. The highest BCUT2D eigenvalue weighted by Gasteiger charge is 2.30. The second kappa shape index (κ2) is 6.68. The summed E-state index contributed by atoms with van der Waals surface area (Å²) in [5, 5.41) is 4.29. The first-order valence-corrected chi connectivity index (χ1v) is 10.1. The van der Waals surface area contributed by atoms with Gasteiger partial charge in [-0.3, -0.25) is 4.79 Å². The number of aryl methyl sites for hydroxylation is 2. The first kappa shape index (κ1) is 17.7. The van der Waals surface area contributed by atoms with Crippen molar-refractivity contribution in [1.29, 1.82) is 0 Å². The molecule has 2 aromatic heterocycles. The predicted octanol–water partition coefficient (Wildman–Crippen LogP) is 0.285. The fraction of sp³-hybridized carbons (Fsp3) is 0.600. The average Bonchev–Trinajstić information content (AvgIpc) is 2.96. The number of carbonyl (C=O) groups excluding carboxylic acids is 1. The number of nitrogens with one attached hydrogen (secondary N) is 1. The Bertz CT molecular complexity index is 907. The summed E-state index contributed by atoms with van der Waals surface area (Å²) in [5.74, 6) is 0.193. The summed E-state index contributed by atoms with van der Waals surface area (Å²) in [7, 11) is -3.30. The highest BCUT2D eigenvalue weighted by atomic mass is 32.2. The second-order valence-corrected chi connectivity index (χ2v) is 8.29. The van der Waals surface area contributed by atoms with E-state index in [1.54, 1.807) is 9.42 Å². The van der Waals surface area contributed by atoms with E-state index in [1.165, 1.54) is 0 Å². The molecule has 1 aliphatic rings. The summed E-state index contributed by atoms with van der Waals surface area (Å²) in [5.41, 5.74) is 1.66. The third kappa shape index (κ3) is 3.96. The maximum absolute atomic E-state index is 12.9. The molecule has 3 heterocycles. The maximum atomic E-state index is 12.9. The minimum atomic E-state index is -3.30. The van der Waals surface area contributed by atoms with E-state index < -0.39 is 10.0 Å². The zero-order valence-electron chi connectivity index (χ0n) is 14.6. The van der Waals surface area contributed by atoms with E-state index in [4.69, 9.17) is 0 Å². The molecule has 0 spiro atoms. The number of aromatic nitrogens is 4. The van der Waals surface area contributed by atoms with Crippen molar-refractivity contribution >= 4 is 21.7 Å². The van der Waals surface area contributed by atoms with Gasteiger partial charge in [0.15, 0.2) is 0 Å². The van der Waals surface area contributed by atoms with Crippen LogP contribution in [0.3, 0.4) is 0 Å². The summed E-state index contributed by atoms with van der Waals surface area (Å²) >= 11 is 0. The van der Waals surface area contributed by atoms with Gasteiger partial charge >= 0.3 is 0 Å². The summed E-state index contributed by atoms with van der Waals surface area (Å²) in [6.45, 7) is 4.51. The maximum Gasteiger partial charge on any atom is 0.293 e. The van der Waals surface area contributed by atoms with E-state index in [2.05, 4.69) is 19.8 Å². The third-order valence-corrected chi connectivity index (χ3v) is 4.97. The van der Waals surface area contributed by atoms with Crippen molar-refractivity contribution in [2.75, 3.05) is 19.3 Å². The normalized spacial score (nSPS) is 18.7. The summed E-state index contributed by atoms with van der Waals surface area (Å²) in [6, 6.07) is 1.67. The molecule has 1 fully saturated rings. The lowest BCUT2D eigenvalue weighted by Gasteiger charge is -2.35. The predicted molar refractivity (Wildman–Crippen MR) is 91.8 cm³/mol. The summed E-state index contributed by atoms with van der Waals surface area (Å²) in [6.07, 6.45) is 3.70. The van der Waals surface area contributed by atoms with Crippen LogP contribution in [0.1, 0.15) is 41.3 Å². The molecule has 3 rings (SSSR count). The van der Waals surface area contributed by atoms with Gasteiger partial charge in [0.25, 0.3) is 11.7 Å². The van der Waals surface area contributed by atoms with E-state index in [1.807, 2.05) is 19.9 Å². The van der Waals surface area contributed by atoms with Gasteiger partial charge in [0, 0.05) is 30.5 Å². The summed E-state index contributed by atoms with van der Waals surface area (Å²) in [4.78, 5) is 23.1. The van der Waals surface area contributed by atoms with Gasteiger partial charge in [-0.1, -0.05) is 0 Å². The molecule has 1 N–H and O–H groups in total. The van der Waals surface area contributed by atoms with E-state index in [-0.39, 0.29) is 24.3 Å². The Labute approximate surface area is 146 Å². The zero-order chi connectivity index (χ0) is 18.2. The van der Waals surface area contributed by atoms with Crippen LogP contribution in [-0.2, 0) is 10.0 Å². The molecule has 0 bridgehead atoms. The third-order valence-electron chi connectivity index (χ3n) is 4.28. The quantitative estimate of drug-likeness (QED) is 0.833. The number of likely N-dealkylation sites (tertiary alicyclic amines) is 1. The van der Waals surface area contributed by atoms with Gasteiger partial charge in [0.2, 0.25) is 15.8 Å². The van der Waals surface area contributed by atoms with Crippen molar-refractivity contribution in [3.8, 4) is 0 Å². The molecule has 0 unspecified atom stereocenters. The molecule has 1 atom stereocenters. The Kier molecular flexibility index (Phi) is 4.74. The molecule has 9 nitrogen and oxygen atoms in total. The lowest BCUT2D eigenvalue weighted by molar-refractivity contribution is 0.0606. The Morgan fingerprint density at radius 3 is 2.80 bits per heavy atom. The van der Waals surface area contributed by atoms with Crippen molar-refractivity contribution in [2.45, 2.75) is 39.2 Å². The first-order chi connectivity index (χ1) is 11.7. The second-order valence-electron chi connectivity index (χ2n) is 6.45. The van der Waals surface area contributed by atoms with Gasteiger partial charge < -0.3 is 4.90 Å². The smallest absolute Gasteiger partial charge is 0.293 e. The van der Waals surface area contributed by atoms with Crippen LogP contribution >= 0.6 is 0 Å². The van der Waals surface area contributed by atoms with Gasteiger partial charge in [-0.25, -0.2) is 22.6 Å². The number of carbonyl (C=O) groups is 1. The van der Waals surface area contributed by atoms with Crippen LogP contribution in [0.15, 0.2) is 6.07 Å². The van der Waals surface area contributed by atoms with E-state index >= 15 is 0 Å². The molecule has 1 amide bonds. The minimum Gasteiger partial charge on any atom is -0.332 e. The average molecular weight is 366 g/mol. The van der Waals surface area contributed by atoms with Crippen molar-refractivity contribution in [1.82, 2.24) is 29.2 Å². The van der Waals surface area contributed by atoms with E-state index in [0.717, 1.165) is 36.9 Å². The van der Waals surface area contributed by atoms with Crippen LogP contribution in [0.25, 0.3) is 5.78 Å². The number of fused-ring (bicyclic) bond motifs is 1. The number of sulfonamides is 1. The molecule has 0 aromatic carbocycles. The molecular formula is C15H22N6O3S. The van der Waals surface area contributed by atoms with Crippen LogP contribution < -0.4 is 4.72 Å². The van der Waals surface area contributed by atoms with Crippen LogP contribution in [0, 0.1) is 13.8 Å². The minimum absolute atomic E-state index is 0.0902. The molecule has 1 saturated heterocycles. The van der Waals surface area contributed by atoms with Crippen molar-refractivity contribution in [2.24, 2.45) is 0 Å². The van der Waals surface area contributed by atoms with E-state index in [9.17, 15) is 13.2 Å². The first-order valence-electron chi connectivity index (χ1n) is 8.21. The van der Waals surface area contributed by atoms with Gasteiger partial charge in [-0.2, -0.15) is 4.98 Å². The monoisotopic (exact) mass is 366 g/mol. The lowest BCUT2D eigenvalue weighted by Crippen LogP contribution is -2.49. The fourth-order valence-corrected chi connectivity index (χ4v) is 3.61. The SMILES string of the molecule is Cc1cc(C)n2nc(C(=O)N3CCCC[C@H]3CNS(C)(=O)=O)nc2n1. The van der Waals surface area contributed by atoms with Crippen LogP contribution in [0.2, 0.25) is 0 Å². The van der Waals surface area contributed by atoms with Gasteiger partial charge in [-0.15, -0.1) is 5.10 Å². The number of amides is 1. The van der Waals surface area contributed by atoms with Crippen LogP contribution in [-0.4, -0.2) is 64.2 Å². The molecule has 10 heteroatoms. The van der Waals surface area contributed by atoms with Crippen LogP contribution in [0.5, 0.6) is 0 Å². The van der Waals surface area contributed by atoms with E-state index in [0.29, 0.717) is 12.3 Å². The molecule has 0 saturated carbocycles. The number of rotatable bonds is 4. The number of hydrogen-bond donors (Lipinski definition) is 1. The highest BCUT2D eigenvalue weighted by Crippen LogP contribution is 2.19. The van der Waals surface area contributed by atoms with Gasteiger partial charge in [-0.05, 0) is 39.2 Å². The Morgan fingerprint density at radius 2 is 2.08 bits per heavy atom.